The number of carbonyl (C=O) groups excluding carboxylic acids is 2. The molecule has 0 unspecified atom stereocenters. The standard InChI is InChI=1S/C18H21N3O2S/c1-12-5-6-15(16-4-3-7-24-16)21(11-12)18(23)17(22)20-14-8-13(2)9-19-10-14/h3-4,7-10,12,15H,5-6,11H2,1-2H3,(H,20,22)/t12-,15+/m1/s1. The maximum Gasteiger partial charge on any atom is 0.313 e. The fourth-order valence-electron chi connectivity index (χ4n) is 3.09. The van der Waals surface area contributed by atoms with Crippen LogP contribution < -0.4 is 5.32 Å². The number of carbonyl (C=O) groups is 2. The SMILES string of the molecule is Cc1cncc(NC(=O)C(=O)N2C[C@H](C)CC[C@H]2c2cccs2)c1. The van der Waals surface area contributed by atoms with E-state index in [2.05, 4.69) is 17.2 Å². The number of pyridine rings is 1. The molecule has 2 amide bonds. The summed E-state index contributed by atoms with van der Waals surface area (Å²) >= 11 is 1.63. The number of hydrogen-bond acceptors (Lipinski definition) is 4. The number of nitrogens with one attached hydrogen (secondary N) is 1. The summed E-state index contributed by atoms with van der Waals surface area (Å²) in [5, 5.41) is 4.68. The number of piperidine rings is 1. The minimum absolute atomic E-state index is 0.00455. The van der Waals surface area contributed by atoms with Gasteiger partial charge in [-0.15, -0.1) is 11.3 Å². The van der Waals surface area contributed by atoms with Crippen molar-refractivity contribution in [1.82, 2.24) is 9.88 Å². The zero-order valence-electron chi connectivity index (χ0n) is 13.9. The fourth-order valence-corrected chi connectivity index (χ4v) is 3.97. The maximum absolute atomic E-state index is 12.7. The Labute approximate surface area is 145 Å². The van der Waals surface area contributed by atoms with E-state index in [0.717, 1.165) is 23.3 Å². The third kappa shape index (κ3) is 3.64. The van der Waals surface area contributed by atoms with Gasteiger partial charge in [-0.25, -0.2) is 0 Å². The van der Waals surface area contributed by atoms with Crippen LogP contribution in [-0.2, 0) is 9.59 Å². The van der Waals surface area contributed by atoms with Crippen molar-refractivity contribution in [3.05, 3.63) is 46.4 Å². The molecule has 126 valence electrons. The normalized spacial score (nSPS) is 20.7. The molecule has 1 N–H and O–H groups in total. The van der Waals surface area contributed by atoms with E-state index in [9.17, 15) is 9.59 Å². The second-order valence-corrected chi connectivity index (χ2v) is 7.36. The van der Waals surface area contributed by atoms with Gasteiger partial charge in [0, 0.05) is 17.6 Å². The molecule has 2 aromatic rings. The van der Waals surface area contributed by atoms with Crippen molar-refractivity contribution < 1.29 is 9.59 Å². The summed E-state index contributed by atoms with van der Waals surface area (Å²) in [5.74, 6) is -0.668. The number of likely N-dealkylation sites (tertiary alicyclic amines) is 1. The molecule has 1 fully saturated rings. The van der Waals surface area contributed by atoms with E-state index >= 15 is 0 Å². The van der Waals surface area contributed by atoms with E-state index in [1.54, 1.807) is 34.7 Å². The van der Waals surface area contributed by atoms with Crippen LogP contribution in [0.4, 0.5) is 5.69 Å². The van der Waals surface area contributed by atoms with Gasteiger partial charge in [0.15, 0.2) is 0 Å². The largest absolute Gasteiger partial charge is 0.326 e. The summed E-state index contributed by atoms with van der Waals surface area (Å²) < 4.78 is 0. The van der Waals surface area contributed by atoms with Gasteiger partial charge in [-0.05, 0) is 48.8 Å². The van der Waals surface area contributed by atoms with E-state index in [1.807, 2.05) is 24.4 Å². The quantitative estimate of drug-likeness (QED) is 0.850. The predicted molar refractivity (Wildman–Crippen MR) is 94.8 cm³/mol. The van der Waals surface area contributed by atoms with Crippen LogP contribution in [-0.4, -0.2) is 28.2 Å². The Bertz CT molecular complexity index is 730. The van der Waals surface area contributed by atoms with Gasteiger partial charge in [-0.3, -0.25) is 14.6 Å². The first-order valence-electron chi connectivity index (χ1n) is 8.11. The summed E-state index contributed by atoms with van der Waals surface area (Å²) in [5.41, 5.74) is 1.48. The Morgan fingerprint density at radius 3 is 2.88 bits per heavy atom. The molecule has 6 heteroatoms. The molecular formula is C18H21N3O2S. The van der Waals surface area contributed by atoms with Crippen molar-refractivity contribution in [2.24, 2.45) is 5.92 Å². The predicted octanol–water partition coefficient (Wildman–Crippen LogP) is 3.39. The van der Waals surface area contributed by atoms with Crippen LogP contribution in [0.15, 0.2) is 36.0 Å². The van der Waals surface area contributed by atoms with E-state index in [4.69, 9.17) is 0 Å². The molecule has 0 aromatic carbocycles. The molecule has 0 spiro atoms. The molecule has 1 saturated heterocycles. The van der Waals surface area contributed by atoms with E-state index in [0.29, 0.717) is 18.2 Å². The minimum Gasteiger partial charge on any atom is -0.326 e. The molecule has 5 nitrogen and oxygen atoms in total. The molecule has 1 aliphatic rings. The van der Waals surface area contributed by atoms with Gasteiger partial charge in [0.25, 0.3) is 0 Å². The number of nitrogens with zero attached hydrogens (tertiary/aromatic N) is 2. The Kier molecular flexibility index (Phi) is 4.94. The van der Waals surface area contributed by atoms with Gasteiger partial charge in [0.1, 0.15) is 0 Å². The van der Waals surface area contributed by atoms with Gasteiger partial charge in [-0.1, -0.05) is 13.0 Å². The van der Waals surface area contributed by atoms with Crippen molar-refractivity contribution >= 4 is 28.8 Å². The molecule has 0 aliphatic carbocycles. The van der Waals surface area contributed by atoms with Gasteiger partial charge < -0.3 is 10.2 Å². The zero-order valence-corrected chi connectivity index (χ0v) is 14.7. The average Bonchev–Trinajstić information content (AvgIpc) is 3.08. The monoisotopic (exact) mass is 343 g/mol. The third-order valence-electron chi connectivity index (χ3n) is 4.28. The number of aryl methyl sites for hydroxylation is 1. The van der Waals surface area contributed by atoms with E-state index < -0.39 is 11.8 Å². The maximum atomic E-state index is 12.7. The zero-order chi connectivity index (χ0) is 17.1. The van der Waals surface area contributed by atoms with Crippen molar-refractivity contribution in [1.29, 1.82) is 0 Å². The molecule has 0 bridgehead atoms. The summed E-state index contributed by atoms with van der Waals surface area (Å²) in [4.78, 5) is 32.1. The van der Waals surface area contributed by atoms with Crippen LogP contribution >= 0.6 is 11.3 Å². The van der Waals surface area contributed by atoms with Gasteiger partial charge >= 0.3 is 11.8 Å². The van der Waals surface area contributed by atoms with Crippen LogP contribution in [0.5, 0.6) is 0 Å². The first-order valence-corrected chi connectivity index (χ1v) is 8.99. The minimum atomic E-state index is -0.599. The lowest BCUT2D eigenvalue weighted by Gasteiger charge is -2.37. The van der Waals surface area contributed by atoms with Crippen LogP contribution in [0.3, 0.4) is 0 Å². The molecule has 3 heterocycles. The number of anilines is 1. The molecule has 0 radical (unpaired) electrons. The molecule has 3 rings (SSSR count). The highest BCUT2D eigenvalue weighted by Crippen LogP contribution is 2.35. The first kappa shape index (κ1) is 16.6. The summed E-state index contributed by atoms with van der Waals surface area (Å²) in [6.07, 6.45) is 5.22. The highest BCUT2D eigenvalue weighted by atomic mass is 32.1. The number of amides is 2. The van der Waals surface area contributed by atoms with E-state index in [1.165, 1.54) is 0 Å². The average molecular weight is 343 g/mol. The highest BCUT2D eigenvalue weighted by molar-refractivity contribution is 7.10. The molecule has 24 heavy (non-hydrogen) atoms. The van der Waals surface area contributed by atoms with Crippen molar-refractivity contribution in [2.45, 2.75) is 32.7 Å². The Morgan fingerprint density at radius 1 is 1.33 bits per heavy atom. The lowest BCUT2D eigenvalue weighted by molar-refractivity contribution is -0.146. The molecular weight excluding hydrogens is 322 g/mol. The summed E-state index contributed by atoms with van der Waals surface area (Å²) in [7, 11) is 0. The smallest absolute Gasteiger partial charge is 0.313 e. The lowest BCUT2D eigenvalue weighted by Crippen LogP contribution is -2.46. The van der Waals surface area contributed by atoms with Crippen molar-refractivity contribution in [3.63, 3.8) is 0 Å². The second-order valence-electron chi connectivity index (χ2n) is 6.38. The van der Waals surface area contributed by atoms with Crippen LogP contribution in [0.2, 0.25) is 0 Å². The third-order valence-corrected chi connectivity index (χ3v) is 5.25. The van der Waals surface area contributed by atoms with Crippen LogP contribution in [0, 0.1) is 12.8 Å². The fraction of sp³-hybridized carbons (Fsp3) is 0.389. The Hall–Kier alpha value is -2.21. The molecule has 0 saturated carbocycles. The van der Waals surface area contributed by atoms with E-state index in [-0.39, 0.29) is 6.04 Å². The number of thiophene rings is 1. The van der Waals surface area contributed by atoms with Crippen LogP contribution in [0.1, 0.15) is 36.2 Å². The van der Waals surface area contributed by atoms with Gasteiger partial charge in [0.2, 0.25) is 0 Å². The lowest BCUT2D eigenvalue weighted by atomic mass is 9.93. The molecule has 2 atom stereocenters. The Balaban J connectivity index is 1.76. The second kappa shape index (κ2) is 7.13. The number of hydrogen-bond donors (Lipinski definition) is 1. The van der Waals surface area contributed by atoms with Gasteiger partial charge in [0.05, 0.1) is 17.9 Å². The molecule has 1 aliphatic heterocycles. The van der Waals surface area contributed by atoms with Gasteiger partial charge in [-0.2, -0.15) is 0 Å². The number of rotatable bonds is 2. The first-order chi connectivity index (χ1) is 11.5. The topological polar surface area (TPSA) is 62.3 Å². The molecule has 2 aromatic heterocycles. The number of aromatic nitrogens is 1. The van der Waals surface area contributed by atoms with Crippen LogP contribution in [0.25, 0.3) is 0 Å². The summed E-state index contributed by atoms with van der Waals surface area (Å²) in [6, 6.07) is 5.82. The van der Waals surface area contributed by atoms with Crippen molar-refractivity contribution in [3.8, 4) is 0 Å². The Morgan fingerprint density at radius 2 is 2.17 bits per heavy atom. The van der Waals surface area contributed by atoms with Crippen molar-refractivity contribution in [2.75, 3.05) is 11.9 Å². The summed E-state index contributed by atoms with van der Waals surface area (Å²) in [6.45, 7) is 4.62. The highest BCUT2D eigenvalue weighted by Gasteiger charge is 2.34.